The van der Waals surface area contributed by atoms with Gasteiger partial charge in [0, 0.05) is 0 Å². The number of aryl methyl sites for hydroxylation is 1. The number of halogens is 1. The summed E-state index contributed by atoms with van der Waals surface area (Å²) in [5, 5.41) is 0. The molecule has 1 aliphatic rings. The Morgan fingerprint density at radius 2 is 1.74 bits per heavy atom. The number of aromatic nitrogens is 2. The van der Waals surface area contributed by atoms with Gasteiger partial charge >= 0.3 is 5.97 Å². The maximum absolute atomic E-state index is 13.9. The van der Waals surface area contributed by atoms with Gasteiger partial charge in [-0.25, -0.2) is 9.37 Å². The van der Waals surface area contributed by atoms with Crippen molar-refractivity contribution in [3.63, 3.8) is 0 Å². The van der Waals surface area contributed by atoms with Crippen molar-refractivity contribution in [3.8, 4) is 0 Å². The van der Waals surface area contributed by atoms with Gasteiger partial charge < -0.3 is 9.30 Å². The third kappa shape index (κ3) is 3.73. The van der Waals surface area contributed by atoms with Crippen LogP contribution < -0.4 is 4.90 Å². The van der Waals surface area contributed by atoms with E-state index in [1.54, 1.807) is 24.0 Å². The second kappa shape index (κ2) is 8.74. The van der Waals surface area contributed by atoms with Crippen molar-refractivity contribution in [1.82, 2.24) is 9.55 Å². The monoisotopic (exact) mass is 457 g/mol. The Morgan fingerprint density at radius 1 is 1.03 bits per heavy atom. The van der Waals surface area contributed by atoms with E-state index in [1.807, 2.05) is 60.0 Å². The number of carbonyl (C=O) groups is 2. The molecule has 34 heavy (non-hydrogen) atoms. The summed E-state index contributed by atoms with van der Waals surface area (Å²) in [6.07, 6.45) is 0. The van der Waals surface area contributed by atoms with E-state index in [4.69, 9.17) is 9.72 Å². The van der Waals surface area contributed by atoms with Crippen LogP contribution in [0.3, 0.4) is 0 Å². The minimum absolute atomic E-state index is 0.147. The molecule has 0 saturated carbocycles. The molecule has 1 aliphatic heterocycles. The molecule has 2 unspecified atom stereocenters. The fraction of sp³-hybridized carbons (Fsp3) is 0.222. The molecule has 0 aliphatic carbocycles. The number of amides is 1. The number of carbonyl (C=O) groups excluding carboxylic acids is 2. The van der Waals surface area contributed by atoms with Crippen LogP contribution in [-0.4, -0.2) is 28.0 Å². The Hall–Kier alpha value is -4.00. The van der Waals surface area contributed by atoms with Crippen LogP contribution in [0.4, 0.5) is 10.3 Å². The number of esters is 1. The number of fused-ring (bicyclic) bond motifs is 3. The van der Waals surface area contributed by atoms with Gasteiger partial charge in [0.2, 0.25) is 11.9 Å². The second-order valence-electron chi connectivity index (χ2n) is 8.41. The number of hydrogen-bond acceptors (Lipinski definition) is 4. The topological polar surface area (TPSA) is 64.4 Å². The van der Waals surface area contributed by atoms with E-state index in [1.165, 1.54) is 12.1 Å². The zero-order valence-electron chi connectivity index (χ0n) is 18.9. The van der Waals surface area contributed by atoms with Crippen molar-refractivity contribution in [3.05, 3.63) is 95.3 Å². The van der Waals surface area contributed by atoms with Crippen molar-refractivity contribution in [2.45, 2.75) is 26.4 Å². The number of para-hydroxylation sites is 2. The Kier molecular flexibility index (Phi) is 5.61. The summed E-state index contributed by atoms with van der Waals surface area (Å²) in [5.41, 5.74) is 4.15. The van der Waals surface area contributed by atoms with Gasteiger partial charge in [-0.1, -0.05) is 54.1 Å². The Labute approximate surface area is 196 Å². The molecule has 2 heterocycles. The molecule has 1 amide bonds. The molecule has 0 radical (unpaired) electrons. The van der Waals surface area contributed by atoms with Crippen LogP contribution in [0.15, 0.2) is 72.8 Å². The maximum atomic E-state index is 13.9. The molecule has 2 atom stereocenters. The number of ether oxygens (including phenoxy) is 1. The standard InChI is InChI=1S/C27H24FN3O3/c1-3-34-26(33)23-24(19-12-14-20(28)15-13-19)31-22-7-5-4-6-21(22)29-27(31)30(25(23)32)16-18-10-8-17(2)9-11-18/h4-15,23-24H,3,16H2,1-2H3. The van der Waals surface area contributed by atoms with Crippen molar-refractivity contribution < 1.29 is 18.7 Å². The van der Waals surface area contributed by atoms with E-state index in [0.717, 1.165) is 16.6 Å². The molecule has 4 aromatic rings. The normalized spacial score (nSPS) is 17.6. The van der Waals surface area contributed by atoms with E-state index < -0.39 is 29.7 Å². The summed E-state index contributed by atoms with van der Waals surface area (Å²) in [6, 6.07) is 20.6. The van der Waals surface area contributed by atoms with Crippen molar-refractivity contribution in [2.24, 2.45) is 5.92 Å². The van der Waals surface area contributed by atoms with Gasteiger partial charge in [0.25, 0.3) is 0 Å². The minimum atomic E-state index is -1.14. The first-order valence-corrected chi connectivity index (χ1v) is 11.2. The van der Waals surface area contributed by atoms with Gasteiger partial charge in [-0.15, -0.1) is 0 Å². The van der Waals surface area contributed by atoms with E-state index >= 15 is 0 Å². The fourth-order valence-electron chi connectivity index (χ4n) is 4.53. The van der Waals surface area contributed by atoms with E-state index in [9.17, 15) is 14.0 Å². The largest absolute Gasteiger partial charge is 0.465 e. The lowest BCUT2D eigenvalue weighted by Gasteiger charge is -2.38. The molecule has 0 fully saturated rings. The average Bonchev–Trinajstić information content (AvgIpc) is 3.22. The van der Waals surface area contributed by atoms with Crippen LogP contribution in [0, 0.1) is 18.7 Å². The van der Waals surface area contributed by atoms with E-state index in [2.05, 4.69) is 0 Å². The minimum Gasteiger partial charge on any atom is -0.465 e. The molecular weight excluding hydrogens is 433 g/mol. The highest BCUT2D eigenvalue weighted by molar-refractivity contribution is 6.08. The van der Waals surface area contributed by atoms with Gasteiger partial charge in [0.15, 0.2) is 5.92 Å². The first kappa shape index (κ1) is 21.8. The van der Waals surface area contributed by atoms with Gasteiger partial charge in [0.1, 0.15) is 5.82 Å². The zero-order valence-corrected chi connectivity index (χ0v) is 18.9. The summed E-state index contributed by atoms with van der Waals surface area (Å²) in [7, 11) is 0. The molecule has 5 rings (SSSR count). The molecule has 3 aromatic carbocycles. The molecule has 0 spiro atoms. The highest BCUT2D eigenvalue weighted by atomic mass is 19.1. The number of hydrogen-bond donors (Lipinski definition) is 0. The fourth-order valence-corrected chi connectivity index (χ4v) is 4.53. The van der Waals surface area contributed by atoms with Crippen LogP contribution in [0.5, 0.6) is 0 Å². The van der Waals surface area contributed by atoms with Gasteiger partial charge in [-0.3, -0.25) is 14.5 Å². The summed E-state index contributed by atoms with van der Waals surface area (Å²) >= 11 is 0. The lowest BCUT2D eigenvalue weighted by atomic mass is 9.89. The molecular formula is C27H24FN3O3. The summed E-state index contributed by atoms with van der Waals surface area (Å²) < 4.78 is 21.0. The predicted molar refractivity (Wildman–Crippen MR) is 127 cm³/mol. The average molecular weight is 458 g/mol. The molecule has 1 aromatic heterocycles. The number of imidazole rings is 1. The molecule has 6 nitrogen and oxygen atoms in total. The highest BCUT2D eigenvalue weighted by Crippen LogP contribution is 2.41. The first-order valence-electron chi connectivity index (χ1n) is 11.2. The number of benzene rings is 3. The van der Waals surface area contributed by atoms with Crippen LogP contribution in [0.1, 0.15) is 29.7 Å². The lowest BCUT2D eigenvalue weighted by Crippen LogP contribution is -2.49. The molecule has 7 heteroatoms. The smallest absolute Gasteiger partial charge is 0.321 e. The molecule has 0 N–H and O–H groups in total. The third-order valence-corrected chi connectivity index (χ3v) is 6.16. The Balaban J connectivity index is 1.73. The van der Waals surface area contributed by atoms with E-state index in [0.29, 0.717) is 17.0 Å². The Bertz CT molecular complexity index is 1360. The summed E-state index contributed by atoms with van der Waals surface area (Å²) in [4.78, 5) is 33.4. The Morgan fingerprint density at radius 3 is 2.44 bits per heavy atom. The quantitative estimate of drug-likeness (QED) is 0.319. The summed E-state index contributed by atoms with van der Waals surface area (Å²) in [5.74, 6) is -2.09. The van der Waals surface area contributed by atoms with Gasteiger partial charge in [0.05, 0.1) is 30.2 Å². The molecule has 0 bridgehead atoms. The SMILES string of the molecule is CCOC(=O)C1C(=O)N(Cc2ccc(C)cc2)c2nc3ccccc3n2C1c1ccc(F)cc1. The third-order valence-electron chi connectivity index (χ3n) is 6.16. The maximum Gasteiger partial charge on any atom is 0.321 e. The van der Waals surface area contributed by atoms with Gasteiger partial charge in [-0.2, -0.15) is 0 Å². The van der Waals surface area contributed by atoms with E-state index in [-0.39, 0.29) is 13.2 Å². The van der Waals surface area contributed by atoms with Crippen molar-refractivity contribution in [2.75, 3.05) is 11.5 Å². The second-order valence-corrected chi connectivity index (χ2v) is 8.41. The zero-order chi connectivity index (χ0) is 23.8. The number of rotatable bonds is 5. The number of nitrogens with zero attached hydrogens (tertiary/aromatic N) is 3. The highest BCUT2D eigenvalue weighted by Gasteiger charge is 2.47. The van der Waals surface area contributed by atoms with Gasteiger partial charge in [-0.05, 0) is 49.2 Å². The van der Waals surface area contributed by atoms with Crippen LogP contribution in [0.2, 0.25) is 0 Å². The van der Waals surface area contributed by atoms with Crippen LogP contribution in [0.25, 0.3) is 11.0 Å². The molecule has 0 saturated heterocycles. The molecule has 172 valence electrons. The first-order chi connectivity index (χ1) is 16.5. The van der Waals surface area contributed by atoms with Crippen molar-refractivity contribution >= 4 is 28.9 Å². The van der Waals surface area contributed by atoms with Crippen LogP contribution in [-0.2, 0) is 20.9 Å². The summed E-state index contributed by atoms with van der Waals surface area (Å²) in [6.45, 7) is 4.11. The number of anilines is 1. The van der Waals surface area contributed by atoms with Crippen molar-refractivity contribution in [1.29, 1.82) is 0 Å². The van der Waals surface area contributed by atoms with Crippen LogP contribution >= 0.6 is 0 Å². The lowest BCUT2D eigenvalue weighted by molar-refractivity contribution is -0.153. The predicted octanol–water partition coefficient (Wildman–Crippen LogP) is 4.80.